The zero-order valence-electron chi connectivity index (χ0n) is 16.0. The summed E-state index contributed by atoms with van der Waals surface area (Å²) in [7, 11) is 0. The van der Waals surface area contributed by atoms with E-state index in [0.29, 0.717) is 6.42 Å². The summed E-state index contributed by atoms with van der Waals surface area (Å²) in [5.41, 5.74) is 15.8. The first kappa shape index (κ1) is 26.4. The topological polar surface area (TPSA) is 235 Å². The van der Waals surface area contributed by atoms with E-state index in [-0.39, 0.29) is 24.7 Å². The van der Waals surface area contributed by atoms with Gasteiger partial charge in [0.1, 0.15) is 24.2 Å². The van der Waals surface area contributed by atoms with Gasteiger partial charge in [-0.15, -0.1) is 0 Å². The second kappa shape index (κ2) is 13.6. The molecule has 0 heterocycles. The van der Waals surface area contributed by atoms with Crippen molar-refractivity contribution in [2.24, 2.45) is 22.2 Å². The Balaban J connectivity index is 5.14. The number of nitrogens with two attached hydrogens (primary N) is 3. The number of aliphatic carboxylic acids is 1. The Kier molecular flexibility index (Phi) is 12.4. The quantitative estimate of drug-likeness (QED) is 0.0590. The van der Waals surface area contributed by atoms with Crippen LogP contribution in [0.15, 0.2) is 4.99 Å². The van der Waals surface area contributed by atoms with Gasteiger partial charge in [0.15, 0.2) is 5.96 Å². The molecule has 0 radical (unpaired) electrons. The van der Waals surface area contributed by atoms with Crippen LogP contribution in [0.1, 0.15) is 19.8 Å². The van der Waals surface area contributed by atoms with Crippen LogP contribution in [0.25, 0.3) is 0 Å². The van der Waals surface area contributed by atoms with Gasteiger partial charge in [0.2, 0.25) is 17.7 Å². The Labute approximate surface area is 173 Å². The van der Waals surface area contributed by atoms with E-state index >= 15 is 0 Å². The van der Waals surface area contributed by atoms with Crippen LogP contribution >= 0.6 is 12.6 Å². The standard InChI is InChI=1S/C15H29N7O6S/c1-7(14(27)28)20-12(25)9(3-2-4-19-15(17)18)21-13(26)10(6-29)22-11(24)8(16)5-23/h7-10,23,29H,2-6,16H2,1H3,(H,20,25)(H,21,26)(H,22,24)(H,27,28)(H4,17,18,19). The predicted octanol–water partition coefficient (Wildman–Crippen LogP) is -4.15. The van der Waals surface area contributed by atoms with Crippen LogP contribution in [0.4, 0.5) is 0 Å². The maximum Gasteiger partial charge on any atom is 0.325 e. The van der Waals surface area contributed by atoms with Gasteiger partial charge < -0.3 is 43.4 Å². The summed E-state index contributed by atoms with van der Waals surface area (Å²) < 4.78 is 0. The number of carbonyl (C=O) groups is 4. The van der Waals surface area contributed by atoms with Gasteiger partial charge in [0.05, 0.1) is 6.61 Å². The fourth-order valence-corrected chi connectivity index (χ4v) is 2.23. The summed E-state index contributed by atoms with van der Waals surface area (Å²) in [6.07, 6.45) is 0.412. The van der Waals surface area contributed by atoms with E-state index in [1.165, 1.54) is 6.92 Å². The minimum absolute atomic E-state index is 0.101. The normalized spacial score (nSPS) is 14.6. The summed E-state index contributed by atoms with van der Waals surface area (Å²) in [5, 5.41) is 24.8. The van der Waals surface area contributed by atoms with Crippen molar-refractivity contribution in [3.8, 4) is 0 Å². The van der Waals surface area contributed by atoms with Crippen molar-refractivity contribution in [1.82, 2.24) is 16.0 Å². The van der Waals surface area contributed by atoms with E-state index in [0.717, 1.165) is 0 Å². The Morgan fingerprint density at radius 1 is 1.03 bits per heavy atom. The zero-order chi connectivity index (χ0) is 22.6. The highest BCUT2D eigenvalue weighted by atomic mass is 32.1. The van der Waals surface area contributed by atoms with Crippen molar-refractivity contribution in [2.75, 3.05) is 18.9 Å². The monoisotopic (exact) mass is 435 g/mol. The molecule has 0 aliphatic carbocycles. The van der Waals surface area contributed by atoms with E-state index in [9.17, 15) is 19.2 Å². The van der Waals surface area contributed by atoms with Gasteiger partial charge in [-0.25, -0.2) is 0 Å². The summed E-state index contributed by atoms with van der Waals surface area (Å²) in [5.74, 6) is -3.72. The summed E-state index contributed by atoms with van der Waals surface area (Å²) in [6, 6.07) is -4.64. The number of nitrogens with one attached hydrogen (secondary N) is 3. The summed E-state index contributed by atoms with van der Waals surface area (Å²) in [6.45, 7) is 0.843. The lowest BCUT2D eigenvalue weighted by Gasteiger charge is -2.23. The van der Waals surface area contributed by atoms with Crippen LogP contribution in [-0.2, 0) is 19.2 Å². The van der Waals surface area contributed by atoms with Crippen LogP contribution < -0.4 is 33.2 Å². The molecule has 0 aromatic rings. The lowest BCUT2D eigenvalue weighted by molar-refractivity contribution is -0.141. The number of guanidine groups is 1. The number of thiol groups is 1. The smallest absolute Gasteiger partial charge is 0.325 e. The molecule has 0 spiro atoms. The second-order valence-corrected chi connectivity index (χ2v) is 6.48. The van der Waals surface area contributed by atoms with Crippen LogP contribution in [0.3, 0.4) is 0 Å². The number of aliphatic imine (C=N–C) groups is 1. The predicted molar refractivity (Wildman–Crippen MR) is 108 cm³/mol. The SMILES string of the molecule is CC(NC(=O)C(CCCN=C(N)N)NC(=O)C(CS)NC(=O)C(N)CO)C(=O)O. The minimum atomic E-state index is -1.25. The lowest BCUT2D eigenvalue weighted by Crippen LogP contribution is -2.57. The molecule has 4 atom stereocenters. The Morgan fingerprint density at radius 3 is 2.07 bits per heavy atom. The number of rotatable bonds is 13. The van der Waals surface area contributed by atoms with Crippen LogP contribution in [0.5, 0.6) is 0 Å². The van der Waals surface area contributed by atoms with Crippen molar-refractivity contribution in [3.63, 3.8) is 0 Å². The first-order valence-corrected chi connectivity index (χ1v) is 9.33. The number of carbonyl (C=O) groups excluding carboxylic acids is 3. The molecule has 0 fully saturated rings. The van der Waals surface area contributed by atoms with Crippen molar-refractivity contribution in [3.05, 3.63) is 0 Å². The number of aliphatic hydroxyl groups is 1. The molecule has 3 amide bonds. The molecule has 29 heavy (non-hydrogen) atoms. The van der Waals surface area contributed by atoms with Gasteiger partial charge >= 0.3 is 5.97 Å². The van der Waals surface area contributed by atoms with Crippen molar-refractivity contribution in [2.45, 2.75) is 43.9 Å². The minimum Gasteiger partial charge on any atom is -0.480 e. The van der Waals surface area contributed by atoms with E-state index in [1.807, 2.05) is 0 Å². The molecule has 0 saturated heterocycles. The third-order valence-electron chi connectivity index (χ3n) is 3.66. The summed E-state index contributed by atoms with van der Waals surface area (Å²) >= 11 is 3.99. The molecule has 14 heteroatoms. The van der Waals surface area contributed by atoms with Crippen molar-refractivity contribution in [1.29, 1.82) is 0 Å². The second-order valence-electron chi connectivity index (χ2n) is 6.11. The molecule has 0 rings (SSSR count). The number of nitrogens with zero attached hydrogens (tertiary/aromatic N) is 1. The molecule has 0 aliphatic rings. The van der Waals surface area contributed by atoms with Gasteiger partial charge in [-0.2, -0.15) is 12.6 Å². The molecule has 0 aliphatic heterocycles. The van der Waals surface area contributed by atoms with Crippen molar-refractivity contribution < 1.29 is 29.4 Å². The third-order valence-corrected chi connectivity index (χ3v) is 4.02. The van der Waals surface area contributed by atoms with E-state index in [4.69, 9.17) is 27.4 Å². The number of hydrogen-bond acceptors (Lipinski definition) is 8. The molecule has 4 unspecified atom stereocenters. The maximum absolute atomic E-state index is 12.5. The summed E-state index contributed by atoms with van der Waals surface area (Å²) in [4.78, 5) is 51.3. The van der Waals surface area contributed by atoms with Gasteiger partial charge in [-0.1, -0.05) is 0 Å². The van der Waals surface area contributed by atoms with E-state index in [1.54, 1.807) is 0 Å². The molecule has 0 saturated carbocycles. The fourth-order valence-electron chi connectivity index (χ4n) is 1.98. The average Bonchev–Trinajstić information content (AvgIpc) is 2.66. The number of hydrogen-bond donors (Lipinski definition) is 9. The Hall–Kier alpha value is -2.58. The highest BCUT2D eigenvalue weighted by Gasteiger charge is 2.28. The number of amides is 3. The third kappa shape index (κ3) is 10.5. The van der Waals surface area contributed by atoms with E-state index < -0.39 is 54.5 Å². The zero-order valence-corrected chi connectivity index (χ0v) is 16.9. The van der Waals surface area contributed by atoms with Gasteiger partial charge in [0, 0.05) is 12.3 Å². The number of carboxylic acid groups (broad SMARTS) is 1. The van der Waals surface area contributed by atoms with Gasteiger partial charge in [-0.3, -0.25) is 24.2 Å². The lowest BCUT2D eigenvalue weighted by atomic mass is 10.1. The molecule has 166 valence electrons. The van der Waals surface area contributed by atoms with Crippen LogP contribution in [0.2, 0.25) is 0 Å². The van der Waals surface area contributed by atoms with E-state index in [2.05, 4.69) is 33.6 Å². The molecule has 13 nitrogen and oxygen atoms in total. The molecule has 0 bridgehead atoms. The Morgan fingerprint density at radius 2 is 1.59 bits per heavy atom. The molecular weight excluding hydrogens is 406 g/mol. The largest absolute Gasteiger partial charge is 0.480 e. The highest BCUT2D eigenvalue weighted by molar-refractivity contribution is 7.80. The maximum atomic E-state index is 12.5. The van der Waals surface area contributed by atoms with Gasteiger partial charge in [0.25, 0.3) is 0 Å². The van der Waals surface area contributed by atoms with Gasteiger partial charge in [-0.05, 0) is 19.8 Å². The average molecular weight is 436 g/mol. The highest BCUT2D eigenvalue weighted by Crippen LogP contribution is 2.02. The first-order valence-electron chi connectivity index (χ1n) is 8.70. The molecule has 0 aromatic carbocycles. The van der Waals surface area contributed by atoms with Crippen LogP contribution in [-0.4, -0.2) is 82.9 Å². The van der Waals surface area contributed by atoms with Crippen LogP contribution in [0, 0.1) is 0 Å². The number of carboxylic acids is 1. The first-order chi connectivity index (χ1) is 13.5. The number of aliphatic hydroxyl groups excluding tert-OH is 1. The van der Waals surface area contributed by atoms with Crippen molar-refractivity contribution >= 4 is 42.3 Å². The molecule has 0 aromatic heterocycles. The fraction of sp³-hybridized carbons (Fsp3) is 0.667. The Bertz CT molecular complexity index is 614. The molecular formula is C15H29N7O6S. The molecule has 11 N–H and O–H groups in total.